The van der Waals surface area contributed by atoms with Crippen molar-refractivity contribution in [3.05, 3.63) is 23.8 Å². The van der Waals surface area contributed by atoms with Crippen LogP contribution in [0.15, 0.2) is 18.2 Å². The van der Waals surface area contributed by atoms with Crippen LogP contribution in [0, 0.1) is 0 Å². The first-order valence-electron chi connectivity index (χ1n) is 6.07. The highest BCUT2D eigenvalue weighted by Crippen LogP contribution is 2.32. The summed E-state index contributed by atoms with van der Waals surface area (Å²) in [5, 5.41) is 3.33. The van der Waals surface area contributed by atoms with Gasteiger partial charge < -0.3 is 19.5 Å². The molecule has 0 saturated heterocycles. The molecule has 1 N–H and O–H groups in total. The number of nitrogens with one attached hydrogen (secondary N) is 1. The van der Waals surface area contributed by atoms with E-state index in [0.717, 1.165) is 44.2 Å². The van der Waals surface area contributed by atoms with Gasteiger partial charge in [0.05, 0.1) is 6.61 Å². The van der Waals surface area contributed by atoms with E-state index in [1.807, 2.05) is 18.2 Å². The monoisotopic (exact) mass is 237 g/mol. The predicted octanol–water partition coefficient (Wildman–Crippen LogP) is 1.93. The Morgan fingerprint density at radius 3 is 3.00 bits per heavy atom. The third-order valence-corrected chi connectivity index (χ3v) is 2.54. The van der Waals surface area contributed by atoms with Crippen molar-refractivity contribution in [2.24, 2.45) is 0 Å². The molecule has 17 heavy (non-hydrogen) atoms. The largest absolute Gasteiger partial charge is 0.454 e. The summed E-state index contributed by atoms with van der Waals surface area (Å²) in [6.45, 7) is 5.74. The van der Waals surface area contributed by atoms with Crippen LogP contribution >= 0.6 is 0 Å². The Bertz CT molecular complexity index is 355. The van der Waals surface area contributed by atoms with E-state index >= 15 is 0 Å². The topological polar surface area (TPSA) is 39.7 Å². The maximum absolute atomic E-state index is 5.39. The minimum atomic E-state index is 0.330. The quantitative estimate of drug-likeness (QED) is 0.736. The van der Waals surface area contributed by atoms with Crippen LogP contribution in [0.5, 0.6) is 11.5 Å². The number of rotatable bonds is 7. The first kappa shape index (κ1) is 12.2. The molecule has 0 aromatic heterocycles. The van der Waals surface area contributed by atoms with Gasteiger partial charge in [-0.1, -0.05) is 13.0 Å². The predicted molar refractivity (Wildman–Crippen MR) is 65.4 cm³/mol. The lowest BCUT2D eigenvalue weighted by atomic mass is 10.2. The van der Waals surface area contributed by atoms with Gasteiger partial charge in [0.25, 0.3) is 0 Å². The van der Waals surface area contributed by atoms with Crippen LogP contribution in [0.4, 0.5) is 0 Å². The summed E-state index contributed by atoms with van der Waals surface area (Å²) in [6.07, 6.45) is 1.07. The number of ether oxygens (including phenoxy) is 3. The zero-order valence-electron chi connectivity index (χ0n) is 10.2. The second kappa shape index (κ2) is 6.47. The first-order valence-corrected chi connectivity index (χ1v) is 6.07. The van der Waals surface area contributed by atoms with E-state index in [1.165, 1.54) is 5.56 Å². The van der Waals surface area contributed by atoms with Crippen molar-refractivity contribution in [1.29, 1.82) is 0 Å². The molecular formula is C13H19NO3. The molecule has 0 amide bonds. The van der Waals surface area contributed by atoms with Crippen molar-refractivity contribution in [3.8, 4) is 11.5 Å². The number of fused-ring (bicyclic) bond motifs is 1. The third kappa shape index (κ3) is 3.61. The van der Waals surface area contributed by atoms with E-state index in [4.69, 9.17) is 14.2 Å². The van der Waals surface area contributed by atoms with Gasteiger partial charge in [-0.25, -0.2) is 0 Å². The molecule has 0 fully saturated rings. The van der Waals surface area contributed by atoms with E-state index in [-0.39, 0.29) is 0 Å². The Morgan fingerprint density at radius 2 is 2.12 bits per heavy atom. The van der Waals surface area contributed by atoms with Crippen molar-refractivity contribution in [2.45, 2.75) is 19.9 Å². The summed E-state index contributed by atoms with van der Waals surface area (Å²) in [6, 6.07) is 6.02. The minimum absolute atomic E-state index is 0.330. The van der Waals surface area contributed by atoms with Gasteiger partial charge in [-0.15, -0.1) is 0 Å². The maximum Gasteiger partial charge on any atom is 0.231 e. The molecule has 0 bridgehead atoms. The molecule has 1 aromatic rings. The molecule has 0 radical (unpaired) electrons. The van der Waals surface area contributed by atoms with Crippen molar-refractivity contribution >= 4 is 0 Å². The molecule has 94 valence electrons. The molecule has 4 heteroatoms. The van der Waals surface area contributed by atoms with Gasteiger partial charge in [0.1, 0.15) is 0 Å². The number of hydrogen-bond donors (Lipinski definition) is 1. The molecule has 1 aliphatic heterocycles. The average molecular weight is 237 g/mol. The van der Waals surface area contributed by atoms with Gasteiger partial charge in [0.15, 0.2) is 11.5 Å². The van der Waals surface area contributed by atoms with Crippen molar-refractivity contribution in [1.82, 2.24) is 5.32 Å². The molecule has 4 nitrogen and oxygen atoms in total. The summed E-state index contributed by atoms with van der Waals surface area (Å²) in [5.74, 6) is 1.67. The summed E-state index contributed by atoms with van der Waals surface area (Å²) >= 11 is 0. The summed E-state index contributed by atoms with van der Waals surface area (Å²) in [5.41, 5.74) is 1.20. The van der Waals surface area contributed by atoms with Crippen LogP contribution in [0.25, 0.3) is 0 Å². The zero-order chi connectivity index (χ0) is 11.9. The molecule has 0 saturated carbocycles. The van der Waals surface area contributed by atoms with Crippen molar-refractivity contribution < 1.29 is 14.2 Å². The minimum Gasteiger partial charge on any atom is -0.454 e. The normalized spacial score (nSPS) is 13.0. The van der Waals surface area contributed by atoms with E-state index in [9.17, 15) is 0 Å². The molecule has 0 aliphatic carbocycles. The second-order valence-electron chi connectivity index (χ2n) is 3.98. The molecule has 0 unspecified atom stereocenters. The van der Waals surface area contributed by atoms with E-state index in [1.54, 1.807) is 0 Å². The van der Waals surface area contributed by atoms with Gasteiger partial charge >= 0.3 is 0 Å². The van der Waals surface area contributed by atoms with Crippen molar-refractivity contribution in [2.75, 3.05) is 26.6 Å². The standard InChI is InChI=1S/C13H19NO3/c1-2-6-15-7-5-14-9-11-3-4-12-13(8-11)17-10-16-12/h3-4,8,14H,2,5-7,9-10H2,1H3. The first-order chi connectivity index (χ1) is 8.40. The molecule has 2 rings (SSSR count). The molecule has 1 aromatic carbocycles. The van der Waals surface area contributed by atoms with E-state index < -0.39 is 0 Å². The molecule has 0 atom stereocenters. The van der Waals surface area contributed by atoms with Gasteiger partial charge in [-0.2, -0.15) is 0 Å². The lowest BCUT2D eigenvalue weighted by Crippen LogP contribution is -2.19. The average Bonchev–Trinajstić information content (AvgIpc) is 2.81. The number of benzene rings is 1. The van der Waals surface area contributed by atoms with Gasteiger partial charge in [-0.05, 0) is 24.1 Å². The molecule has 1 heterocycles. The maximum atomic E-state index is 5.39. The van der Waals surface area contributed by atoms with Crippen LogP contribution in [0.3, 0.4) is 0 Å². The van der Waals surface area contributed by atoms with Crippen LogP contribution < -0.4 is 14.8 Å². The highest BCUT2D eigenvalue weighted by atomic mass is 16.7. The Morgan fingerprint density at radius 1 is 1.24 bits per heavy atom. The van der Waals surface area contributed by atoms with Crippen molar-refractivity contribution in [3.63, 3.8) is 0 Å². The molecular weight excluding hydrogens is 218 g/mol. The lowest BCUT2D eigenvalue weighted by molar-refractivity contribution is 0.136. The van der Waals surface area contributed by atoms with E-state index in [0.29, 0.717) is 6.79 Å². The van der Waals surface area contributed by atoms with Gasteiger partial charge in [-0.3, -0.25) is 0 Å². The van der Waals surface area contributed by atoms with E-state index in [2.05, 4.69) is 12.2 Å². The van der Waals surface area contributed by atoms with Crippen LogP contribution in [-0.2, 0) is 11.3 Å². The van der Waals surface area contributed by atoms with Crippen LogP contribution in [-0.4, -0.2) is 26.6 Å². The Kier molecular flexibility index (Phi) is 4.64. The summed E-state index contributed by atoms with van der Waals surface area (Å²) < 4.78 is 16.0. The summed E-state index contributed by atoms with van der Waals surface area (Å²) in [7, 11) is 0. The Hall–Kier alpha value is -1.26. The van der Waals surface area contributed by atoms with Gasteiger partial charge in [0, 0.05) is 19.7 Å². The van der Waals surface area contributed by atoms with Crippen LogP contribution in [0.2, 0.25) is 0 Å². The SMILES string of the molecule is CCCOCCNCc1ccc2c(c1)OCO2. The third-order valence-electron chi connectivity index (χ3n) is 2.54. The number of hydrogen-bond acceptors (Lipinski definition) is 4. The van der Waals surface area contributed by atoms with Gasteiger partial charge in [0.2, 0.25) is 6.79 Å². The molecule has 0 spiro atoms. The Balaban J connectivity index is 1.69. The zero-order valence-corrected chi connectivity index (χ0v) is 10.2. The lowest BCUT2D eigenvalue weighted by Gasteiger charge is -2.06. The second-order valence-corrected chi connectivity index (χ2v) is 3.98. The highest BCUT2D eigenvalue weighted by molar-refractivity contribution is 5.44. The smallest absolute Gasteiger partial charge is 0.231 e. The fourth-order valence-electron chi connectivity index (χ4n) is 1.67. The fraction of sp³-hybridized carbons (Fsp3) is 0.538. The molecule has 1 aliphatic rings. The summed E-state index contributed by atoms with van der Waals surface area (Å²) in [4.78, 5) is 0. The van der Waals surface area contributed by atoms with Crippen LogP contribution in [0.1, 0.15) is 18.9 Å². The fourth-order valence-corrected chi connectivity index (χ4v) is 1.67. The Labute approximate surface area is 102 Å². The highest BCUT2D eigenvalue weighted by Gasteiger charge is 2.12.